The van der Waals surface area contributed by atoms with E-state index in [4.69, 9.17) is 14.2 Å². The van der Waals surface area contributed by atoms with E-state index in [-0.39, 0.29) is 25.2 Å². The van der Waals surface area contributed by atoms with Crippen molar-refractivity contribution < 1.29 is 23.8 Å². The first-order chi connectivity index (χ1) is 28.4. The molecule has 0 spiro atoms. The third kappa shape index (κ3) is 38.8. The summed E-state index contributed by atoms with van der Waals surface area (Å²) in [7, 11) is 3.95. The standard InChI is InChI=1S/C52H101NO5/c1-6-9-12-15-18-21-24-25-26-27-28-31-34-37-40-43-46-56-47-52(53(4)5,48-57-50(54)44-41-38-35-32-29-22-19-16-13-10-7-2)49-58-51(55)45-42-39-36-33-30-23-20-17-14-11-8-3/h25-26H,6-24,27-49H2,1-5H3/b26-25-. The summed E-state index contributed by atoms with van der Waals surface area (Å²) < 4.78 is 18.0. The molecule has 0 aliphatic carbocycles. The highest BCUT2D eigenvalue weighted by molar-refractivity contribution is 5.70. The van der Waals surface area contributed by atoms with Gasteiger partial charge in [0.05, 0.1) is 6.61 Å². The van der Waals surface area contributed by atoms with Gasteiger partial charge in [0.1, 0.15) is 18.8 Å². The lowest BCUT2D eigenvalue weighted by molar-refractivity contribution is -0.159. The fourth-order valence-electron chi connectivity index (χ4n) is 7.67. The minimum atomic E-state index is -0.706. The second-order valence-electron chi connectivity index (χ2n) is 18.0. The van der Waals surface area contributed by atoms with Gasteiger partial charge in [-0.25, -0.2) is 0 Å². The van der Waals surface area contributed by atoms with Crippen LogP contribution in [-0.4, -0.2) is 62.9 Å². The number of allylic oxidation sites excluding steroid dienone is 2. The van der Waals surface area contributed by atoms with Gasteiger partial charge < -0.3 is 14.2 Å². The molecule has 0 heterocycles. The molecule has 0 saturated carbocycles. The lowest BCUT2D eigenvalue weighted by Crippen LogP contribution is -2.56. The van der Waals surface area contributed by atoms with Gasteiger partial charge in [-0.3, -0.25) is 14.5 Å². The van der Waals surface area contributed by atoms with Crippen molar-refractivity contribution in [1.29, 1.82) is 0 Å². The van der Waals surface area contributed by atoms with Crippen LogP contribution in [-0.2, 0) is 23.8 Å². The third-order valence-corrected chi connectivity index (χ3v) is 12.1. The predicted molar refractivity (Wildman–Crippen MR) is 251 cm³/mol. The number of unbranched alkanes of at least 4 members (excludes halogenated alkanes) is 32. The molecule has 0 saturated heterocycles. The van der Waals surface area contributed by atoms with E-state index in [1.807, 2.05) is 19.0 Å². The maximum Gasteiger partial charge on any atom is 0.305 e. The van der Waals surface area contributed by atoms with E-state index < -0.39 is 5.54 Å². The Morgan fingerprint density at radius 1 is 0.397 bits per heavy atom. The van der Waals surface area contributed by atoms with Crippen LogP contribution in [0.5, 0.6) is 0 Å². The lowest BCUT2D eigenvalue weighted by Gasteiger charge is -2.38. The first-order valence-corrected chi connectivity index (χ1v) is 25.6. The Morgan fingerprint density at radius 3 is 1.02 bits per heavy atom. The fourth-order valence-corrected chi connectivity index (χ4v) is 7.67. The number of rotatable bonds is 47. The zero-order chi connectivity index (χ0) is 42.5. The van der Waals surface area contributed by atoms with Gasteiger partial charge in [-0.05, 0) is 59.0 Å². The molecule has 0 aromatic heterocycles. The Hall–Kier alpha value is -1.40. The largest absolute Gasteiger partial charge is 0.463 e. The molecule has 6 heteroatoms. The average Bonchev–Trinajstić information content (AvgIpc) is 3.22. The topological polar surface area (TPSA) is 65.1 Å². The zero-order valence-corrected chi connectivity index (χ0v) is 39.8. The normalized spacial score (nSPS) is 12.0. The monoisotopic (exact) mass is 820 g/mol. The maximum atomic E-state index is 12.9. The molecule has 0 atom stereocenters. The summed E-state index contributed by atoms with van der Waals surface area (Å²) in [5, 5.41) is 0. The van der Waals surface area contributed by atoms with Crippen LogP contribution < -0.4 is 0 Å². The summed E-state index contributed by atoms with van der Waals surface area (Å²) in [6, 6.07) is 0. The van der Waals surface area contributed by atoms with Crippen molar-refractivity contribution in [3.63, 3.8) is 0 Å². The van der Waals surface area contributed by atoms with E-state index in [2.05, 4.69) is 32.9 Å². The fraction of sp³-hybridized carbons (Fsp3) is 0.923. The van der Waals surface area contributed by atoms with Crippen LogP contribution in [0.2, 0.25) is 0 Å². The summed E-state index contributed by atoms with van der Waals surface area (Å²) in [5.74, 6) is -0.328. The molecule has 0 radical (unpaired) electrons. The van der Waals surface area contributed by atoms with E-state index in [0.717, 1.165) is 38.5 Å². The molecule has 0 N–H and O–H groups in total. The van der Waals surface area contributed by atoms with Gasteiger partial charge >= 0.3 is 11.9 Å². The van der Waals surface area contributed by atoms with Gasteiger partial charge in [0.15, 0.2) is 0 Å². The van der Waals surface area contributed by atoms with Gasteiger partial charge in [-0.2, -0.15) is 0 Å². The van der Waals surface area contributed by atoms with Crippen LogP contribution in [0, 0.1) is 0 Å². The number of hydrogen-bond acceptors (Lipinski definition) is 6. The maximum absolute atomic E-state index is 12.9. The van der Waals surface area contributed by atoms with Gasteiger partial charge in [0, 0.05) is 19.4 Å². The number of nitrogens with zero attached hydrogens (tertiary/aromatic N) is 1. The van der Waals surface area contributed by atoms with Crippen molar-refractivity contribution in [1.82, 2.24) is 4.90 Å². The smallest absolute Gasteiger partial charge is 0.305 e. The van der Waals surface area contributed by atoms with Crippen molar-refractivity contribution in [3.05, 3.63) is 12.2 Å². The number of hydrogen-bond donors (Lipinski definition) is 0. The molecule has 0 amide bonds. The molecule has 0 aliphatic heterocycles. The number of carbonyl (C=O) groups is 2. The Kier molecular flexibility index (Phi) is 44.0. The molecule has 0 aliphatic rings. The molecule has 0 rings (SSSR count). The van der Waals surface area contributed by atoms with E-state index in [1.54, 1.807) is 0 Å². The molecule has 0 aromatic carbocycles. The highest BCUT2D eigenvalue weighted by atomic mass is 16.6. The minimum Gasteiger partial charge on any atom is -0.463 e. The molecule has 0 fully saturated rings. The van der Waals surface area contributed by atoms with Gasteiger partial charge in [0.25, 0.3) is 0 Å². The number of esters is 2. The second-order valence-corrected chi connectivity index (χ2v) is 18.0. The minimum absolute atomic E-state index is 0.163. The Morgan fingerprint density at radius 2 is 0.690 bits per heavy atom. The summed E-state index contributed by atoms with van der Waals surface area (Å²) in [4.78, 5) is 27.8. The van der Waals surface area contributed by atoms with E-state index in [0.29, 0.717) is 26.1 Å². The number of ether oxygens (including phenoxy) is 3. The van der Waals surface area contributed by atoms with Crippen LogP contribution in [0.15, 0.2) is 12.2 Å². The molecule has 344 valence electrons. The van der Waals surface area contributed by atoms with Crippen molar-refractivity contribution in [3.8, 4) is 0 Å². The molecule has 6 nitrogen and oxygen atoms in total. The van der Waals surface area contributed by atoms with E-state index >= 15 is 0 Å². The SMILES string of the molecule is CCCCCCCC/C=C\CCCCCCCCOCC(COC(=O)CCCCCCCCCCCCC)(COC(=O)CCCCCCCCCCCCC)N(C)C. The summed E-state index contributed by atoms with van der Waals surface area (Å²) >= 11 is 0. The van der Waals surface area contributed by atoms with Crippen LogP contribution in [0.3, 0.4) is 0 Å². The highest BCUT2D eigenvalue weighted by Crippen LogP contribution is 2.19. The number of carbonyl (C=O) groups excluding carboxylic acids is 2. The van der Waals surface area contributed by atoms with Crippen LogP contribution in [0.25, 0.3) is 0 Å². The first kappa shape index (κ1) is 56.6. The summed E-state index contributed by atoms with van der Waals surface area (Å²) in [6.45, 7) is 8.16. The van der Waals surface area contributed by atoms with E-state index in [9.17, 15) is 9.59 Å². The molecule has 0 aromatic rings. The van der Waals surface area contributed by atoms with Crippen molar-refractivity contribution in [2.24, 2.45) is 0 Å². The van der Waals surface area contributed by atoms with Crippen molar-refractivity contribution >= 4 is 11.9 Å². The van der Waals surface area contributed by atoms with Crippen LogP contribution >= 0.6 is 0 Å². The Labute approximate surface area is 362 Å². The van der Waals surface area contributed by atoms with Gasteiger partial charge in [-0.1, -0.05) is 219 Å². The first-order valence-electron chi connectivity index (χ1n) is 25.6. The average molecular weight is 820 g/mol. The highest BCUT2D eigenvalue weighted by Gasteiger charge is 2.37. The molecule has 0 unspecified atom stereocenters. The zero-order valence-electron chi connectivity index (χ0n) is 39.8. The summed E-state index contributed by atoms with van der Waals surface area (Å²) in [6.07, 6.45) is 51.2. The van der Waals surface area contributed by atoms with Gasteiger partial charge in [0.2, 0.25) is 0 Å². The molecule has 0 bridgehead atoms. The van der Waals surface area contributed by atoms with Crippen molar-refractivity contribution in [2.45, 2.75) is 270 Å². The van der Waals surface area contributed by atoms with E-state index in [1.165, 1.54) is 193 Å². The van der Waals surface area contributed by atoms with Crippen LogP contribution in [0.4, 0.5) is 0 Å². The Bertz CT molecular complexity index is 847. The van der Waals surface area contributed by atoms with Crippen LogP contribution in [0.1, 0.15) is 265 Å². The number of likely N-dealkylation sites (N-methyl/N-ethyl adjacent to an activating group) is 1. The molecular weight excluding hydrogens is 719 g/mol. The lowest BCUT2D eigenvalue weighted by atomic mass is 10.0. The van der Waals surface area contributed by atoms with Gasteiger partial charge in [-0.15, -0.1) is 0 Å². The quantitative estimate of drug-likeness (QED) is 0.0346. The van der Waals surface area contributed by atoms with Crippen molar-refractivity contribution in [2.75, 3.05) is 40.5 Å². The second kappa shape index (κ2) is 45.1. The predicted octanol–water partition coefficient (Wildman–Crippen LogP) is 15.8. The molecular formula is C52H101NO5. The molecule has 58 heavy (non-hydrogen) atoms. The summed E-state index contributed by atoms with van der Waals surface area (Å²) in [5.41, 5.74) is -0.706. The third-order valence-electron chi connectivity index (χ3n) is 12.1. The Balaban J connectivity index is 4.58.